The van der Waals surface area contributed by atoms with E-state index in [4.69, 9.17) is 10.8 Å². The van der Waals surface area contributed by atoms with Gasteiger partial charge in [0.05, 0.1) is 5.92 Å². The van der Waals surface area contributed by atoms with E-state index in [-0.39, 0.29) is 17.4 Å². The Bertz CT molecular complexity index is 189. The number of rotatable bonds is 1. The lowest BCUT2D eigenvalue weighted by Gasteiger charge is -2.38. The van der Waals surface area contributed by atoms with E-state index >= 15 is 0 Å². The number of carboxylic acids is 1. The summed E-state index contributed by atoms with van der Waals surface area (Å²) in [5.41, 5.74) is 5.64. The maximum Gasteiger partial charge on any atom is 0.307 e. The van der Waals surface area contributed by atoms with Gasteiger partial charge in [-0.25, -0.2) is 0 Å². The molecule has 3 nitrogen and oxygen atoms in total. The zero-order valence-electron chi connectivity index (χ0n) is 7.71. The lowest BCUT2D eigenvalue weighted by molar-refractivity contribution is -0.147. The number of carbonyl (C=O) groups is 1. The highest BCUT2D eigenvalue weighted by Crippen LogP contribution is 2.40. The summed E-state index contributed by atoms with van der Waals surface area (Å²) in [7, 11) is 0. The van der Waals surface area contributed by atoms with Gasteiger partial charge in [-0.1, -0.05) is 13.8 Å². The highest BCUT2D eigenvalue weighted by Gasteiger charge is 2.39. The van der Waals surface area contributed by atoms with Gasteiger partial charge in [0.25, 0.3) is 0 Å². The summed E-state index contributed by atoms with van der Waals surface area (Å²) in [5, 5.41) is 8.94. The number of hydrogen-bond acceptors (Lipinski definition) is 2. The first-order valence-corrected chi connectivity index (χ1v) is 4.42. The quantitative estimate of drug-likeness (QED) is 0.623. The summed E-state index contributed by atoms with van der Waals surface area (Å²) in [4.78, 5) is 10.9. The molecule has 0 spiro atoms. The normalized spacial score (nSPS) is 34.6. The van der Waals surface area contributed by atoms with Gasteiger partial charge in [-0.15, -0.1) is 0 Å². The van der Waals surface area contributed by atoms with Gasteiger partial charge in [-0.05, 0) is 24.7 Å². The van der Waals surface area contributed by atoms with Crippen LogP contribution in [-0.2, 0) is 4.79 Å². The summed E-state index contributed by atoms with van der Waals surface area (Å²) in [5.74, 6) is -0.962. The van der Waals surface area contributed by atoms with Crippen LogP contribution in [-0.4, -0.2) is 17.1 Å². The third kappa shape index (κ3) is 1.78. The second kappa shape index (κ2) is 3.05. The average Bonchev–Trinajstić information content (AvgIpc) is 1.94. The predicted molar refractivity (Wildman–Crippen MR) is 46.7 cm³/mol. The van der Waals surface area contributed by atoms with Crippen molar-refractivity contribution in [3.05, 3.63) is 0 Å². The fourth-order valence-corrected chi connectivity index (χ4v) is 1.91. The first-order valence-electron chi connectivity index (χ1n) is 4.42. The Balaban J connectivity index is 2.72. The SMILES string of the molecule is CC1(C)CCC(N)CC1C(=O)O. The molecule has 12 heavy (non-hydrogen) atoms. The Kier molecular flexibility index (Phi) is 2.42. The Morgan fingerprint density at radius 3 is 2.58 bits per heavy atom. The van der Waals surface area contributed by atoms with Gasteiger partial charge in [-0.3, -0.25) is 4.79 Å². The molecule has 3 N–H and O–H groups in total. The van der Waals surface area contributed by atoms with Crippen LogP contribution in [0, 0.1) is 11.3 Å². The third-order valence-corrected chi connectivity index (χ3v) is 2.94. The molecule has 0 aromatic carbocycles. The van der Waals surface area contributed by atoms with E-state index in [0.717, 1.165) is 12.8 Å². The van der Waals surface area contributed by atoms with Gasteiger partial charge in [-0.2, -0.15) is 0 Å². The molecule has 0 radical (unpaired) electrons. The van der Waals surface area contributed by atoms with E-state index < -0.39 is 5.97 Å². The highest BCUT2D eigenvalue weighted by molar-refractivity contribution is 5.71. The Hall–Kier alpha value is -0.570. The summed E-state index contributed by atoms with van der Waals surface area (Å²) in [6, 6.07) is 0.0825. The van der Waals surface area contributed by atoms with Gasteiger partial charge in [0.15, 0.2) is 0 Å². The van der Waals surface area contributed by atoms with Crippen LogP contribution in [0.2, 0.25) is 0 Å². The van der Waals surface area contributed by atoms with Gasteiger partial charge in [0.1, 0.15) is 0 Å². The zero-order valence-corrected chi connectivity index (χ0v) is 7.71. The molecule has 0 aromatic heterocycles. The standard InChI is InChI=1S/C9H17NO2/c1-9(2)4-3-6(10)5-7(9)8(11)12/h6-7H,3-5,10H2,1-2H3,(H,11,12). The van der Waals surface area contributed by atoms with Gasteiger partial charge in [0.2, 0.25) is 0 Å². The van der Waals surface area contributed by atoms with E-state index in [1.54, 1.807) is 0 Å². The summed E-state index contributed by atoms with van der Waals surface area (Å²) in [6.07, 6.45) is 2.50. The van der Waals surface area contributed by atoms with Crippen molar-refractivity contribution in [3.63, 3.8) is 0 Å². The first kappa shape index (κ1) is 9.52. The summed E-state index contributed by atoms with van der Waals surface area (Å²) >= 11 is 0. The van der Waals surface area contributed by atoms with Crippen molar-refractivity contribution in [1.29, 1.82) is 0 Å². The molecule has 0 aromatic rings. The first-order chi connectivity index (χ1) is 5.43. The predicted octanol–water partition coefficient (Wildman–Crippen LogP) is 1.22. The van der Waals surface area contributed by atoms with Crippen molar-refractivity contribution in [1.82, 2.24) is 0 Å². The molecular formula is C9H17NO2. The van der Waals surface area contributed by atoms with E-state index in [9.17, 15) is 4.79 Å². The molecule has 2 atom stereocenters. The van der Waals surface area contributed by atoms with Crippen LogP contribution >= 0.6 is 0 Å². The molecule has 0 amide bonds. The molecule has 1 aliphatic carbocycles. The van der Waals surface area contributed by atoms with Crippen molar-refractivity contribution in [2.75, 3.05) is 0 Å². The monoisotopic (exact) mass is 171 g/mol. The number of aliphatic carboxylic acids is 1. The molecule has 1 fully saturated rings. The molecule has 0 saturated heterocycles. The van der Waals surface area contributed by atoms with E-state index in [2.05, 4.69) is 0 Å². The van der Waals surface area contributed by atoms with E-state index in [0.29, 0.717) is 6.42 Å². The zero-order chi connectivity index (χ0) is 9.35. The topological polar surface area (TPSA) is 63.3 Å². The fourth-order valence-electron chi connectivity index (χ4n) is 1.91. The molecule has 2 unspecified atom stereocenters. The van der Waals surface area contributed by atoms with Crippen molar-refractivity contribution >= 4 is 5.97 Å². The smallest absolute Gasteiger partial charge is 0.307 e. The van der Waals surface area contributed by atoms with Gasteiger partial charge < -0.3 is 10.8 Å². The maximum atomic E-state index is 10.9. The maximum absolute atomic E-state index is 10.9. The Morgan fingerprint density at radius 1 is 1.58 bits per heavy atom. The van der Waals surface area contributed by atoms with Crippen LogP contribution in [0.15, 0.2) is 0 Å². The summed E-state index contributed by atoms with van der Waals surface area (Å²) in [6.45, 7) is 4.02. The van der Waals surface area contributed by atoms with E-state index in [1.807, 2.05) is 13.8 Å². The molecule has 0 heterocycles. The number of nitrogens with two attached hydrogens (primary N) is 1. The molecule has 3 heteroatoms. The molecular weight excluding hydrogens is 154 g/mol. The Morgan fingerprint density at radius 2 is 2.17 bits per heavy atom. The second-order valence-corrected chi connectivity index (χ2v) is 4.41. The second-order valence-electron chi connectivity index (χ2n) is 4.41. The summed E-state index contributed by atoms with van der Waals surface area (Å²) < 4.78 is 0. The lowest BCUT2D eigenvalue weighted by atomic mass is 9.67. The van der Waals surface area contributed by atoms with Crippen LogP contribution in [0.5, 0.6) is 0 Å². The largest absolute Gasteiger partial charge is 0.481 e. The molecule has 70 valence electrons. The molecule has 1 saturated carbocycles. The van der Waals surface area contributed by atoms with Crippen LogP contribution < -0.4 is 5.73 Å². The van der Waals surface area contributed by atoms with Crippen LogP contribution in [0.3, 0.4) is 0 Å². The fraction of sp³-hybridized carbons (Fsp3) is 0.889. The molecule has 0 bridgehead atoms. The lowest BCUT2D eigenvalue weighted by Crippen LogP contribution is -2.41. The average molecular weight is 171 g/mol. The minimum Gasteiger partial charge on any atom is -0.481 e. The number of carboxylic acid groups (broad SMARTS) is 1. The highest BCUT2D eigenvalue weighted by atomic mass is 16.4. The van der Waals surface area contributed by atoms with Crippen molar-refractivity contribution < 1.29 is 9.90 Å². The van der Waals surface area contributed by atoms with Gasteiger partial charge in [0, 0.05) is 6.04 Å². The minimum absolute atomic E-state index is 0.0816. The molecule has 0 aliphatic heterocycles. The van der Waals surface area contributed by atoms with Crippen molar-refractivity contribution in [2.45, 2.75) is 39.2 Å². The van der Waals surface area contributed by atoms with Crippen molar-refractivity contribution in [2.24, 2.45) is 17.1 Å². The molecule has 1 aliphatic rings. The van der Waals surface area contributed by atoms with E-state index in [1.165, 1.54) is 0 Å². The molecule has 1 rings (SSSR count). The number of hydrogen-bond donors (Lipinski definition) is 2. The van der Waals surface area contributed by atoms with Crippen LogP contribution in [0.25, 0.3) is 0 Å². The minimum atomic E-state index is -0.699. The van der Waals surface area contributed by atoms with Crippen LogP contribution in [0.4, 0.5) is 0 Å². The van der Waals surface area contributed by atoms with Gasteiger partial charge >= 0.3 is 5.97 Å². The van der Waals surface area contributed by atoms with Crippen molar-refractivity contribution in [3.8, 4) is 0 Å². The third-order valence-electron chi connectivity index (χ3n) is 2.94. The van der Waals surface area contributed by atoms with Crippen LogP contribution in [0.1, 0.15) is 33.1 Å². The Labute approximate surface area is 72.9 Å².